The molecule has 6 aliphatic rings. The molecular formula is C8H6N2O6. The van der Waals surface area contributed by atoms with E-state index in [9.17, 15) is 20.2 Å². The van der Waals surface area contributed by atoms with Crippen LogP contribution in [0.3, 0.4) is 0 Å². The summed E-state index contributed by atoms with van der Waals surface area (Å²) in [7, 11) is 0. The normalized spacial score (nSPS) is 68.2. The summed E-state index contributed by atoms with van der Waals surface area (Å²) in [5, 5.41) is 19.3. The summed E-state index contributed by atoms with van der Waals surface area (Å²) in [6.07, 6.45) is 0. The van der Waals surface area contributed by atoms with Gasteiger partial charge in [-0.2, -0.15) is 0 Å². The molecule has 0 spiro atoms. The maximum Gasteiger partial charge on any atom is 0.295 e. The summed E-state index contributed by atoms with van der Waals surface area (Å²) < 4.78 is 0. The van der Waals surface area contributed by atoms with E-state index < -0.39 is 21.4 Å². The van der Waals surface area contributed by atoms with E-state index in [0.29, 0.717) is 11.8 Å². The second-order valence-corrected chi connectivity index (χ2v) is 5.50. The molecule has 0 N–H and O–H groups in total. The molecule has 6 fully saturated rings. The highest BCUT2D eigenvalue weighted by Gasteiger charge is 3.14. The molecule has 6 aliphatic carbocycles. The van der Waals surface area contributed by atoms with E-state index in [-0.39, 0.29) is 23.7 Å². The highest BCUT2D eigenvalue weighted by Crippen LogP contribution is 3.05. The van der Waals surface area contributed by atoms with Gasteiger partial charge in [-0.1, -0.05) is 0 Å². The third kappa shape index (κ3) is 0.344. The molecule has 0 radical (unpaired) electrons. The second kappa shape index (κ2) is 1.56. The van der Waals surface area contributed by atoms with E-state index in [0.717, 1.165) is 0 Å². The van der Waals surface area contributed by atoms with Gasteiger partial charge in [-0.3, -0.25) is 0 Å². The standard InChI is InChI=1S/C8H6N2O6/c11-9(12)15-7-3-1-4-2(3)6(7)8(4,5(1)7)16-10(13)14/h1-6H. The fourth-order valence-electron chi connectivity index (χ4n) is 6.01. The van der Waals surface area contributed by atoms with E-state index >= 15 is 0 Å². The molecule has 0 saturated heterocycles. The van der Waals surface area contributed by atoms with Gasteiger partial charge in [0.25, 0.3) is 10.2 Å². The van der Waals surface area contributed by atoms with Crippen LogP contribution in [-0.4, -0.2) is 21.4 Å². The number of hydrogen-bond acceptors (Lipinski definition) is 6. The van der Waals surface area contributed by atoms with Crippen LogP contribution < -0.4 is 0 Å². The maximum absolute atomic E-state index is 10.4. The Labute approximate surface area is 87.7 Å². The quantitative estimate of drug-likeness (QED) is 0.479. The van der Waals surface area contributed by atoms with Gasteiger partial charge >= 0.3 is 0 Å². The van der Waals surface area contributed by atoms with Gasteiger partial charge in [0.05, 0.1) is 0 Å². The Kier molecular flexibility index (Phi) is 0.742. The maximum atomic E-state index is 10.4. The molecule has 6 saturated carbocycles. The smallest absolute Gasteiger partial charge is 0.295 e. The number of nitrogens with zero attached hydrogens (tertiary/aromatic N) is 2. The second-order valence-electron chi connectivity index (χ2n) is 5.50. The van der Waals surface area contributed by atoms with Crippen LogP contribution in [0, 0.1) is 55.7 Å². The lowest BCUT2D eigenvalue weighted by atomic mass is 8.98. The summed E-state index contributed by atoms with van der Waals surface area (Å²) >= 11 is 0. The van der Waals surface area contributed by atoms with Crippen molar-refractivity contribution in [3.8, 4) is 0 Å². The molecule has 0 bridgehead atoms. The van der Waals surface area contributed by atoms with Crippen LogP contribution >= 0.6 is 0 Å². The summed E-state index contributed by atoms with van der Waals surface area (Å²) in [5.74, 6) is 1.18. The first kappa shape index (κ1) is 7.64. The van der Waals surface area contributed by atoms with Crippen LogP contribution in [0.5, 0.6) is 0 Å². The summed E-state index contributed by atoms with van der Waals surface area (Å²) in [6.45, 7) is 0. The lowest BCUT2D eigenvalue weighted by Crippen LogP contribution is -3.16. The molecule has 6 rings (SSSR count). The monoisotopic (exact) mass is 226 g/mol. The van der Waals surface area contributed by atoms with Crippen molar-refractivity contribution in [2.24, 2.45) is 35.5 Å². The van der Waals surface area contributed by atoms with Gasteiger partial charge in [-0.05, 0) is 23.7 Å². The van der Waals surface area contributed by atoms with Crippen LogP contribution in [0.25, 0.3) is 0 Å². The molecule has 0 heterocycles. The summed E-state index contributed by atoms with van der Waals surface area (Å²) in [6, 6.07) is 0. The minimum Gasteiger partial charge on any atom is -0.306 e. The van der Waals surface area contributed by atoms with Gasteiger partial charge in [0, 0.05) is 11.8 Å². The Hall–Kier alpha value is -1.60. The number of hydrogen-bond donors (Lipinski definition) is 0. The minimum atomic E-state index is -0.763. The molecule has 0 aromatic heterocycles. The van der Waals surface area contributed by atoms with E-state index in [2.05, 4.69) is 0 Å². The fourth-order valence-corrected chi connectivity index (χ4v) is 6.01. The molecule has 16 heavy (non-hydrogen) atoms. The zero-order chi connectivity index (χ0) is 11.0. The molecular weight excluding hydrogens is 220 g/mol. The van der Waals surface area contributed by atoms with E-state index in [1.807, 2.05) is 0 Å². The third-order valence-corrected chi connectivity index (χ3v) is 5.88. The lowest BCUT2D eigenvalue weighted by Gasteiger charge is -3.07. The van der Waals surface area contributed by atoms with Crippen LogP contribution in [0.1, 0.15) is 0 Å². The SMILES string of the molecule is O=[N+]([O-])OC12C3C4C5C3C1C5(O[N+](=O)[O-])C42. The van der Waals surface area contributed by atoms with Crippen molar-refractivity contribution in [3.63, 3.8) is 0 Å². The average Bonchev–Trinajstić information content (AvgIpc) is 2.15. The van der Waals surface area contributed by atoms with Gasteiger partial charge in [-0.15, -0.1) is 20.2 Å². The summed E-state index contributed by atoms with van der Waals surface area (Å²) in [5.41, 5.74) is -1.38. The van der Waals surface area contributed by atoms with E-state index in [1.54, 1.807) is 0 Å². The van der Waals surface area contributed by atoms with E-state index in [4.69, 9.17) is 9.68 Å². The third-order valence-electron chi connectivity index (χ3n) is 5.88. The predicted molar refractivity (Wildman–Crippen MR) is 42.6 cm³/mol. The highest BCUT2D eigenvalue weighted by molar-refractivity contribution is 5.59. The minimum absolute atomic E-state index is 0.0965. The first-order chi connectivity index (χ1) is 7.57. The van der Waals surface area contributed by atoms with Crippen molar-refractivity contribution < 1.29 is 19.8 Å². The molecule has 0 aliphatic heterocycles. The largest absolute Gasteiger partial charge is 0.306 e. The van der Waals surface area contributed by atoms with Crippen LogP contribution in [-0.2, 0) is 9.68 Å². The Balaban J connectivity index is 1.50. The molecule has 0 aromatic carbocycles. The highest BCUT2D eigenvalue weighted by atomic mass is 17.0. The molecule has 0 atom stereocenters. The summed E-state index contributed by atoms with van der Waals surface area (Å²) in [4.78, 5) is 30.4. The molecule has 8 nitrogen and oxygen atoms in total. The van der Waals surface area contributed by atoms with Crippen molar-refractivity contribution in [3.05, 3.63) is 20.2 Å². The first-order valence-electron chi connectivity index (χ1n) is 5.24. The zero-order valence-corrected chi connectivity index (χ0v) is 7.81. The fraction of sp³-hybridized carbons (Fsp3) is 1.00. The van der Waals surface area contributed by atoms with Crippen molar-refractivity contribution in [1.29, 1.82) is 0 Å². The van der Waals surface area contributed by atoms with Crippen molar-refractivity contribution in [1.82, 2.24) is 0 Å². The Morgan fingerprint density at radius 3 is 1.56 bits per heavy atom. The Morgan fingerprint density at radius 1 is 0.875 bits per heavy atom. The van der Waals surface area contributed by atoms with Crippen LogP contribution in [0.2, 0.25) is 0 Å². The average molecular weight is 226 g/mol. The van der Waals surface area contributed by atoms with Crippen LogP contribution in [0.15, 0.2) is 0 Å². The number of rotatable bonds is 4. The molecule has 8 heteroatoms. The first-order valence-corrected chi connectivity index (χ1v) is 5.24. The van der Waals surface area contributed by atoms with Crippen molar-refractivity contribution in [2.45, 2.75) is 11.2 Å². The van der Waals surface area contributed by atoms with Gasteiger partial charge in [0.15, 0.2) is 0 Å². The molecule has 0 aromatic rings. The predicted octanol–water partition coefficient (Wildman–Crippen LogP) is -0.354. The zero-order valence-electron chi connectivity index (χ0n) is 7.81. The Morgan fingerprint density at radius 2 is 1.25 bits per heavy atom. The van der Waals surface area contributed by atoms with Crippen molar-refractivity contribution >= 4 is 0 Å². The Bertz CT molecular complexity index is 431. The van der Waals surface area contributed by atoms with Gasteiger partial charge in [0.2, 0.25) is 0 Å². The van der Waals surface area contributed by atoms with E-state index in [1.165, 1.54) is 0 Å². The van der Waals surface area contributed by atoms with Gasteiger partial charge in [-0.25, -0.2) is 0 Å². The topological polar surface area (TPSA) is 105 Å². The molecule has 84 valence electrons. The van der Waals surface area contributed by atoms with Gasteiger partial charge < -0.3 is 9.68 Å². The molecule has 0 amide bonds. The molecule has 0 unspecified atom stereocenters. The van der Waals surface area contributed by atoms with Crippen LogP contribution in [0.4, 0.5) is 0 Å². The lowest BCUT2D eigenvalue weighted by molar-refractivity contribution is -0.897. The van der Waals surface area contributed by atoms with Crippen molar-refractivity contribution in [2.75, 3.05) is 0 Å². The van der Waals surface area contributed by atoms with Gasteiger partial charge in [0.1, 0.15) is 11.2 Å².